The molecule has 1 N–H and O–H groups in total. The van der Waals surface area contributed by atoms with E-state index < -0.39 is 11.5 Å². The van der Waals surface area contributed by atoms with Gasteiger partial charge in [-0.1, -0.05) is 24.3 Å². The fourth-order valence-electron chi connectivity index (χ4n) is 4.76. The molecular weight excluding hydrogens is 366 g/mol. The number of aromatic nitrogens is 3. The summed E-state index contributed by atoms with van der Waals surface area (Å²) in [6.45, 7) is 2.33. The highest BCUT2D eigenvalue weighted by Gasteiger charge is 2.59. The number of amides is 2. The Morgan fingerprint density at radius 1 is 1.21 bits per heavy atom. The number of carbonyl (C=O) groups excluding carboxylic acids is 2. The predicted molar refractivity (Wildman–Crippen MR) is 107 cm³/mol. The first-order chi connectivity index (χ1) is 14.0. The lowest BCUT2D eigenvalue weighted by molar-refractivity contribution is -0.121. The van der Waals surface area contributed by atoms with Gasteiger partial charge in [-0.05, 0) is 37.1 Å². The smallest absolute Gasteiger partial charge is 0.273 e. The quantitative estimate of drug-likeness (QED) is 0.733. The van der Waals surface area contributed by atoms with E-state index in [1.807, 2.05) is 56.6 Å². The molecule has 0 radical (unpaired) electrons. The van der Waals surface area contributed by atoms with Gasteiger partial charge in [0.15, 0.2) is 0 Å². The van der Waals surface area contributed by atoms with Crippen molar-refractivity contribution >= 4 is 17.5 Å². The molecular formula is C22H21N5O2. The molecule has 0 bridgehead atoms. The first kappa shape index (κ1) is 17.6. The van der Waals surface area contributed by atoms with Crippen LogP contribution < -0.4 is 5.32 Å². The first-order valence-corrected chi connectivity index (χ1v) is 9.65. The Bertz CT molecular complexity index is 1140. The Kier molecular flexibility index (Phi) is 3.81. The fourth-order valence-corrected chi connectivity index (χ4v) is 4.76. The van der Waals surface area contributed by atoms with Crippen molar-refractivity contribution in [1.82, 2.24) is 19.7 Å². The van der Waals surface area contributed by atoms with E-state index in [-0.39, 0.29) is 11.8 Å². The summed E-state index contributed by atoms with van der Waals surface area (Å²) in [5, 5.41) is 7.33. The minimum Gasteiger partial charge on any atom is -0.329 e. The zero-order valence-electron chi connectivity index (χ0n) is 16.3. The van der Waals surface area contributed by atoms with Gasteiger partial charge in [-0.15, -0.1) is 0 Å². The van der Waals surface area contributed by atoms with E-state index in [4.69, 9.17) is 0 Å². The third kappa shape index (κ3) is 2.50. The molecule has 2 amide bonds. The summed E-state index contributed by atoms with van der Waals surface area (Å²) in [4.78, 5) is 33.0. The van der Waals surface area contributed by atoms with Crippen molar-refractivity contribution in [1.29, 1.82) is 0 Å². The van der Waals surface area contributed by atoms with Crippen LogP contribution in [-0.2, 0) is 17.3 Å². The number of anilines is 1. The highest BCUT2D eigenvalue weighted by atomic mass is 16.2. The summed E-state index contributed by atoms with van der Waals surface area (Å²) in [6, 6.07) is 12.7. The lowest BCUT2D eigenvalue weighted by Crippen LogP contribution is -2.42. The normalized spacial score (nSPS) is 22.8. The van der Waals surface area contributed by atoms with E-state index in [2.05, 4.69) is 15.4 Å². The average molecular weight is 387 g/mol. The summed E-state index contributed by atoms with van der Waals surface area (Å²) < 4.78 is 1.70. The molecule has 3 aromatic rings. The van der Waals surface area contributed by atoms with Crippen molar-refractivity contribution in [2.75, 3.05) is 11.9 Å². The SMILES string of the molecule is Cc1cccc(C(=O)N2CCC3(C(=O)Nc4ccccc43)C2c2cnn(C)c2)n1. The minimum atomic E-state index is -0.834. The van der Waals surface area contributed by atoms with E-state index in [9.17, 15) is 9.59 Å². The highest BCUT2D eigenvalue weighted by Crippen LogP contribution is 2.54. The molecule has 2 aliphatic heterocycles. The van der Waals surface area contributed by atoms with Gasteiger partial charge in [-0.2, -0.15) is 5.10 Å². The number of hydrogen-bond acceptors (Lipinski definition) is 4. The third-order valence-corrected chi connectivity index (χ3v) is 6.00. The summed E-state index contributed by atoms with van der Waals surface area (Å²) in [5.74, 6) is -0.239. The van der Waals surface area contributed by atoms with Crippen molar-refractivity contribution in [3.8, 4) is 0 Å². The molecule has 2 aromatic heterocycles. The monoisotopic (exact) mass is 387 g/mol. The first-order valence-electron chi connectivity index (χ1n) is 9.65. The number of likely N-dealkylation sites (tertiary alicyclic amines) is 1. The maximum atomic E-state index is 13.5. The van der Waals surface area contributed by atoms with Gasteiger partial charge in [0, 0.05) is 36.7 Å². The Morgan fingerprint density at radius 2 is 2.03 bits per heavy atom. The molecule has 146 valence electrons. The zero-order chi connectivity index (χ0) is 20.2. The minimum absolute atomic E-state index is 0.0694. The number of rotatable bonds is 2. The van der Waals surface area contributed by atoms with E-state index in [1.165, 1.54) is 0 Å². The molecule has 2 aliphatic rings. The number of para-hydroxylation sites is 1. The van der Waals surface area contributed by atoms with Crippen molar-refractivity contribution < 1.29 is 9.59 Å². The maximum absolute atomic E-state index is 13.5. The van der Waals surface area contributed by atoms with Crippen LogP contribution in [0.1, 0.15) is 39.8 Å². The number of benzene rings is 1. The van der Waals surface area contributed by atoms with Gasteiger partial charge in [0.2, 0.25) is 5.91 Å². The van der Waals surface area contributed by atoms with Crippen molar-refractivity contribution in [2.45, 2.75) is 24.8 Å². The summed E-state index contributed by atoms with van der Waals surface area (Å²) in [7, 11) is 1.84. The molecule has 4 heterocycles. The standard InChI is InChI=1S/C22H21N5O2/c1-14-6-5-9-18(24-14)20(28)27-11-10-22(19(27)15-12-23-26(2)13-15)16-7-3-4-8-17(16)25-21(22)29/h3-9,12-13,19H,10-11H2,1-2H3,(H,25,29). The van der Waals surface area contributed by atoms with Crippen LogP contribution in [0.4, 0.5) is 5.69 Å². The van der Waals surface area contributed by atoms with Crippen molar-refractivity contribution in [3.63, 3.8) is 0 Å². The molecule has 5 rings (SSSR count). The van der Waals surface area contributed by atoms with Crippen LogP contribution >= 0.6 is 0 Å². The second-order valence-electron chi connectivity index (χ2n) is 7.73. The molecule has 1 fully saturated rings. The lowest BCUT2D eigenvalue weighted by atomic mass is 9.73. The van der Waals surface area contributed by atoms with E-state index in [0.717, 1.165) is 22.5 Å². The molecule has 0 saturated carbocycles. The number of pyridine rings is 1. The summed E-state index contributed by atoms with van der Waals surface area (Å²) in [6.07, 6.45) is 4.18. The molecule has 7 heteroatoms. The number of hydrogen-bond donors (Lipinski definition) is 1. The lowest BCUT2D eigenvalue weighted by Gasteiger charge is -2.33. The van der Waals surface area contributed by atoms with E-state index in [1.54, 1.807) is 21.8 Å². The van der Waals surface area contributed by atoms with Crippen LogP contribution in [0.5, 0.6) is 0 Å². The Morgan fingerprint density at radius 3 is 2.79 bits per heavy atom. The Labute approximate surface area is 168 Å². The van der Waals surface area contributed by atoms with Gasteiger partial charge in [-0.3, -0.25) is 14.3 Å². The maximum Gasteiger partial charge on any atom is 0.273 e. The van der Waals surface area contributed by atoms with Gasteiger partial charge >= 0.3 is 0 Å². The Balaban J connectivity index is 1.66. The largest absolute Gasteiger partial charge is 0.329 e. The average Bonchev–Trinajstić information content (AvgIpc) is 3.39. The third-order valence-electron chi connectivity index (χ3n) is 6.00. The van der Waals surface area contributed by atoms with Gasteiger partial charge in [0.25, 0.3) is 5.91 Å². The number of fused-ring (bicyclic) bond motifs is 2. The molecule has 2 unspecified atom stereocenters. The van der Waals surface area contributed by atoms with Crippen LogP contribution in [0.15, 0.2) is 54.9 Å². The van der Waals surface area contributed by atoms with Crippen LogP contribution in [0.25, 0.3) is 0 Å². The molecule has 1 spiro atoms. The fraction of sp³-hybridized carbons (Fsp3) is 0.273. The topological polar surface area (TPSA) is 80.1 Å². The molecule has 1 aromatic carbocycles. The second kappa shape index (κ2) is 6.27. The Hall–Kier alpha value is -3.48. The van der Waals surface area contributed by atoms with E-state index >= 15 is 0 Å². The number of aryl methyl sites for hydroxylation is 2. The van der Waals surface area contributed by atoms with Gasteiger partial charge < -0.3 is 10.2 Å². The molecule has 2 atom stereocenters. The summed E-state index contributed by atoms with van der Waals surface area (Å²) in [5.41, 5.74) is 2.94. The second-order valence-corrected chi connectivity index (χ2v) is 7.73. The van der Waals surface area contributed by atoms with Gasteiger partial charge in [0.05, 0.1) is 12.2 Å². The van der Waals surface area contributed by atoms with Crippen molar-refractivity contribution in [2.24, 2.45) is 7.05 Å². The number of carbonyl (C=O) groups is 2. The van der Waals surface area contributed by atoms with Crippen LogP contribution in [0, 0.1) is 6.92 Å². The number of nitrogens with one attached hydrogen (secondary N) is 1. The van der Waals surface area contributed by atoms with Crippen LogP contribution in [0.2, 0.25) is 0 Å². The number of nitrogens with zero attached hydrogens (tertiary/aromatic N) is 4. The molecule has 29 heavy (non-hydrogen) atoms. The van der Waals surface area contributed by atoms with Crippen LogP contribution in [0.3, 0.4) is 0 Å². The molecule has 1 saturated heterocycles. The molecule has 0 aliphatic carbocycles. The zero-order valence-corrected chi connectivity index (χ0v) is 16.3. The molecule has 7 nitrogen and oxygen atoms in total. The van der Waals surface area contributed by atoms with Crippen LogP contribution in [-0.4, -0.2) is 38.0 Å². The van der Waals surface area contributed by atoms with Gasteiger partial charge in [-0.25, -0.2) is 4.98 Å². The van der Waals surface area contributed by atoms with Crippen molar-refractivity contribution in [3.05, 3.63) is 77.4 Å². The van der Waals surface area contributed by atoms with Gasteiger partial charge in [0.1, 0.15) is 11.1 Å². The summed E-state index contributed by atoms with van der Waals surface area (Å²) >= 11 is 0. The highest BCUT2D eigenvalue weighted by molar-refractivity contribution is 6.08. The predicted octanol–water partition coefficient (Wildman–Crippen LogP) is 2.60. The van der Waals surface area contributed by atoms with E-state index in [0.29, 0.717) is 18.7 Å².